The molecule has 0 radical (unpaired) electrons. The summed E-state index contributed by atoms with van der Waals surface area (Å²) in [6, 6.07) is 16.2. The summed E-state index contributed by atoms with van der Waals surface area (Å²) >= 11 is 0. The second-order valence-electron chi connectivity index (χ2n) is 8.55. The topological polar surface area (TPSA) is 55.2 Å². The standard InChI is InChI=1S/C26H32N2O4/c1-18(2)31-17-23-22-10-5-6-11-24(22)32-25(23)26(29)28-14-12-27(13-15-28)19(3)20-8-7-9-21(16-20)30-4/h5-11,16,18-19H,12-15,17H2,1-4H3. The molecule has 1 amide bonds. The summed E-state index contributed by atoms with van der Waals surface area (Å²) in [4.78, 5) is 17.7. The van der Waals surface area contributed by atoms with Gasteiger partial charge in [0.25, 0.3) is 5.91 Å². The molecule has 0 saturated carbocycles. The maximum Gasteiger partial charge on any atom is 0.290 e. The van der Waals surface area contributed by atoms with E-state index in [1.54, 1.807) is 7.11 Å². The van der Waals surface area contributed by atoms with Crippen LogP contribution in [0, 0.1) is 0 Å². The van der Waals surface area contributed by atoms with Crippen LogP contribution in [-0.2, 0) is 11.3 Å². The van der Waals surface area contributed by atoms with Crippen molar-refractivity contribution in [2.45, 2.75) is 39.5 Å². The maximum atomic E-state index is 13.4. The van der Waals surface area contributed by atoms with Gasteiger partial charge in [-0.2, -0.15) is 0 Å². The van der Waals surface area contributed by atoms with Gasteiger partial charge in [-0.05, 0) is 44.5 Å². The van der Waals surface area contributed by atoms with Crippen molar-refractivity contribution in [2.24, 2.45) is 0 Å². The van der Waals surface area contributed by atoms with Gasteiger partial charge in [0.2, 0.25) is 0 Å². The Hall–Kier alpha value is -2.83. The van der Waals surface area contributed by atoms with Crippen molar-refractivity contribution in [3.8, 4) is 5.75 Å². The van der Waals surface area contributed by atoms with Crippen molar-refractivity contribution in [2.75, 3.05) is 33.3 Å². The van der Waals surface area contributed by atoms with E-state index in [1.165, 1.54) is 5.56 Å². The van der Waals surface area contributed by atoms with Gasteiger partial charge >= 0.3 is 0 Å². The van der Waals surface area contributed by atoms with E-state index in [1.807, 2.05) is 55.1 Å². The van der Waals surface area contributed by atoms with Gasteiger partial charge in [-0.3, -0.25) is 9.69 Å². The first-order chi connectivity index (χ1) is 15.5. The summed E-state index contributed by atoms with van der Waals surface area (Å²) in [5.74, 6) is 1.21. The minimum absolute atomic E-state index is 0.0581. The third-order valence-corrected chi connectivity index (χ3v) is 6.18. The molecule has 1 atom stereocenters. The van der Waals surface area contributed by atoms with Gasteiger partial charge in [0.05, 0.1) is 19.8 Å². The zero-order valence-electron chi connectivity index (χ0n) is 19.3. The lowest BCUT2D eigenvalue weighted by atomic mass is 10.1. The van der Waals surface area contributed by atoms with Gasteiger partial charge in [0, 0.05) is 43.2 Å². The number of furan rings is 1. The van der Waals surface area contributed by atoms with E-state index in [0.717, 1.165) is 35.4 Å². The molecule has 0 bridgehead atoms. The smallest absolute Gasteiger partial charge is 0.290 e. The third kappa shape index (κ3) is 4.66. The van der Waals surface area contributed by atoms with Crippen molar-refractivity contribution >= 4 is 16.9 Å². The average molecular weight is 437 g/mol. The molecule has 3 aromatic rings. The molecule has 1 saturated heterocycles. The zero-order valence-corrected chi connectivity index (χ0v) is 19.3. The average Bonchev–Trinajstić information content (AvgIpc) is 3.20. The fraction of sp³-hybridized carbons (Fsp3) is 0.423. The van der Waals surface area contributed by atoms with Gasteiger partial charge in [-0.15, -0.1) is 0 Å². The number of ether oxygens (including phenoxy) is 2. The van der Waals surface area contributed by atoms with Crippen LogP contribution in [0.5, 0.6) is 5.75 Å². The highest BCUT2D eigenvalue weighted by molar-refractivity contribution is 5.99. The molecule has 2 heterocycles. The van der Waals surface area contributed by atoms with Crippen LogP contribution in [0.25, 0.3) is 11.0 Å². The summed E-state index contributed by atoms with van der Waals surface area (Å²) in [7, 11) is 1.69. The number of hydrogen-bond donors (Lipinski definition) is 0. The number of amides is 1. The molecule has 6 nitrogen and oxygen atoms in total. The molecule has 170 valence electrons. The molecule has 4 rings (SSSR count). The maximum absolute atomic E-state index is 13.4. The molecule has 2 aromatic carbocycles. The van der Waals surface area contributed by atoms with Crippen LogP contribution >= 0.6 is 0 Å². The van der Waals surface area contributed by atoms with Gasteiger partial charge < -0.3 is 18.8 Å². The molecule has 0 spiro atoms. The molecule has 0 aliphatic carbocycles. The molecule has 32 heavy (non-hydrogen) atoms. The van der Waals surface area contributed by atoms with E-state index in [4.69, 9.17) is 13.9 Å². The Morgan fingerprint density at radius 2 is 1.78 bits per heavy atom. The fourth-order valence-corrected chi connectivity index (χ4v) is 4.23. The Morgan fingerprint density at radius 1 is 1.03 bits per heavy atom. The van der Waals surface area contributed by atoms with E-state index in [2.05, 4.69) is 24.0 Å². The molecule has 1 aliphatic heterocycles. The number of benzene rings is 2. The number of para-hydroxylation sites is 1. The van der Waals surface area contributed by atoms with Crippen molar-refractivity contribution in [3.63, 3.8) is 0 Å². The number of methoxy groups -OCH3 is 1. The molecule has 1 unspecified atom stereocenters. The Morgan fingerprint density at radius 3 is 2.50 bits per heavy atom. The van der Waals surface area contributed by atoms with Crippen molar-refractivity contribution in [1.82, 2.24) is 9.80 Å². The molecule has 1 aromatic heterocycles. The van der Waals surface area contributed by atoms with Crippen molar-refractivity contribution in [3.05, 3.63) is 65.4 Å². The molecular weight excluding hydrogens is 404 g/mol. The number of piperazine rings is 1. The molecular formula is C26H32N2O4. The number of fused-ring (bicyclic) bond motifs is 1. The Labute approximate surface area is 189 Å². The van der Waals surface area contributed by atoms with Crippen LogP contribution in [0.2, 0.25) is 0 Å². The quantitative estimate of drug-likeness (QED) is 0.528. The van der Waals surface area contributed by atoms with E-state index in [0.29, 0.717) is 25.5 Å². The Kier molecular flexibility index (Phi) is 6.82. The third-order valence-electron chi connectivity index (χ3n) is 6.18. The van der Waals surface area contributed by atoms with E-state index in [-0.39, 0.29) is 18.1 Å². The first-order valence-electron chi connectivity index (χ1n) is 11.3. The van der Waals surface area contributed by atoms with Gasteiger partial charge in [0.15, 0.2) is 5.76 Å². The Bertz CT molecular complexity index is 1070. The molecule has 1 aliphatic rings. The van der Waals surface area contributed by atoms with Gasteiger partial charge in [0.1, 0.15) is 11.3 Å². The predicted octanol–water partition coefficient (Wildman–Crippen LogP) is 4.89. The minimum Gasteiger partial charge on any atom is -0.497 e. The summed E-state index contributed by atoms with van der Waals surface area (Å²) in [6.45, 7) is 9.49. The van der Waals surface area contributed by atoms with Crippen LogP contribution in [0.3, 0.4) is 0 Å². The lowest BCUT2D eigenvalue weighted by Crippen LogP contribution is -2.49. The number of carbonyl (C=O) groups excluding carboxylic acids is 1. The summed E-state index contributed by atoms with van der Waals surface area (Å²) in [5.41, 5.74) is 2.78. The number of nitrogens with zero attached hydrogens (tertiary/aromatic N) is 2. The largest absolute Gasteiger partial charge is 0.497 e. The lowest BCUT2D eigenvalue weighted by molar-refractivity contribution is 0.0519. The first kappa shape index (κ1) is 22.4. The predicted molar refractivity (Wildman–Crippen MR) is 125 cm³/mol. The van der Waals surface area contributed by atoms with Crippen LogP contribution < -0.4 is 4.74 Å². The lowest BCUT2D eigenvalue weighted by Gasteiger charge is -2.38. The normalized spacial score (nSPS) is 16.0. The molecule has 1 fully saturated rings. The summed E-state index contributed by atoms with van der Waals surface area (Å²) in [6.07, 6.45) is 0.0771. The van der Waals surface area contributed by atoms with E-state index >= 15 is 0 Å². The molecule has 0 N–H and O–H groups in total. The highest BCUT2D eigenvalue weighted by Gasteiger charge is 2.29. The highest BCUT2D eigenvalue weighted by atomic mass is 16.5. The van der Waals surface area contributed by atoms with Crippen molar-refractivity contribution < 1.29 is 18.7 Å². The monoisotopic (exact) mass is 436 g/mol. The Balaban J connectivity index is 1.47. The van der Waals surface area contributed by atoms with Gasteiger partial charge in [-0.1, -0.05) is 30.3 Å². The second-order valence-corrected chi connectivity index (χ2v) is 8.55. The highest BCUT2D eigenvalue weighted by Crippen LogP contribution is 2.29. The van der Waals surface area contributed by atoms with Gasteiger partial charge in [-0.25, -0.2) is 0 Å². The van der Waals surface area contributed by atoms with Crippen LogP contribution in [0.15, 0.2) is 52.9 Å². The van der Waals surface area contributed by atoms with Crippen molar-refractivity contribution in [1.29, 1.82) is 0 Å². The minimum atomic E-state index is -0.0581. The fourth-order valence-electron chi connectivity index (χ4n) is 4.23. The number of rotatable bonds is 7. The van der Waals surface area contributed by atoms with Crippen LogP contribution in [0.1, 0.15) is 48.5 Å². The summed E-state index contributed by atoms with van der Waals surface area (Å²) in [5, 5.41) is 0.946. The van der Waals surface area contributed by atoms with Crippen LogP contribution in [0.4, 0.5) is 0 Å². The second kappa shape index (κ2) is 9.76. The van der Waals surface area contributed by atoms with E-state index < -0.39 is 0 Å². The van der Waals surface area contributed by atoms with E-state index in [9.17, 15) is 4.79 Å². The first-order valence-corrected chi connectivity index (χ1v) is 11.3. The summed E-state index contributed by atoms with van der Waals surface area (Å²) < 4.78 is 17.2. The molecule has 6 heteroatoms. The zero-order chi connectivity index (χ0) is 22.7. The number of carbonyl (C=O) groups is 1. The van der Waals surface area contributed by atoms with Crippen LogP contribution in [-0.4, -0.2) is 55.1 Å². The number of hydrogen-bond acceptors (Lipinski definition) is 5. The SMILES string of the molecule is COc1cccc(C(C)N2CCN(C(=O)c3oc4ccccc4c3COC(C)C)CC2)c1.